The van der Waals surface area contributed by atoms with Gasteiger partial charge in [0.05, 0.1) is 22.0 Å². The molecule has 3 N–H and O–H groups in total. The Morgan fingerprint density at radius 2 is 2.11 bits per heavy atom. The summed E-state index contributed by atoms with van der Waals surface area (Å²) in [5, 5.41) is 33.8. The standard InChI is InChI=1S/C15H16F2N4O6/c1-7-10(16)5-9(11(17)12(7)21(26)27)13(19-25)18-14(22)8-3-2-4-20(6-8)15(23)24/h5,8,25H,2-4,6H2,1H3,(H,23,24)(H,18,19,22)/t8-/m1/s1. The van der Waals surface area contributed by atoms with Crippen molar-refractivity contribution in [3.8, 4) is 0 Å². The number of benzene rings is 1. The second kappa shape index (κ2) is 7.93. The van der Waals surface area contributed by atoms with Crippen molar-refractivity contribution >= 4 is 23.5 Å². The minimum Gasteiger partial charge on any atom is -0.465 e. The Balaban J connectivity index is 2.29. The molecular formula is C15H16F2N4O6. The molecule has 0 bridgehead atoms. The predicted molar refractivity (Wildman–Crippen MR) is 86.5 cm³/mol. The lowest BCUT2D eigenvalue weighted by Gasteiger charge is -2.29. The van der Waals surface area contributed by atoms with Crippen LogP contribution >= 0.6 is 0 Å². The number of nitrogens with zero attached hydrogens (tertiary/aromatic N) is 3. The van der Waals surface area contributed by atoms with Crippen LogP contribution in [0.25, 0.3) is 0 Å². The quantitative estimate of drug-likeness (QED) is 0.237. The Morgan fingerprint density at radius 1 is 1.44 bits per heavy atom. The molecule has 10 nitrogen and oxygen atoms in total. The van der Waals surface area contributed by atoms with Gasteiger partial charge in [0, 0.05) is 13.1 Å². The number of amidine groups is 1. The maximum absolute atomic E-state index is 14.4. The Morgan fingerprint density at radius 3 is 2.67 bits per heavy atom. The van der Waals surface area contributed by atoms with Crippen molar-refractivity contribution in [1.29, 1.82) is 0 Å². The molecule has 1 aliphatic heterocycles. The number of carbonyl (C=O) groups is 2. The monoisotopic (exact) mass is 386 g/mol. The Bertz CT molecular complexity index is 829. The first-order valence-electron chi connectivity index (χ1n) is 7.81. The molecule has 1 fully saturated rings. The number of hydrogen-bond acceptors (Lipinski definition) is 6. The van der Waals surface area contributed by atoms with E-state index in [4.69, 9.17) is 10.3 Å². The van der Waals surface area contributed by atoms with Crippen LogP contribution in [0.15, 0.2) is 11.2 Å². The number of carboxylic acid groups (broad SMARTS) is 1. The topological polar surface area (TPSA) is 145 Å². The summed E-state index contributed by atoms with van der Waals surface area (Å²) in [5.74, 6) is -4.99. The molecule has 0 saturated carbocycles. The van der Waals surface area contributed by atoms with Crippen LogP contribution in [0.3, 0.4) is 0 Å². The molecule has 0 unspecified atom stereocenters. The van der Waals surface area contributed by atoms with E-state index in [2.05, 4.69) is 10.5 Å². The zero-order chi connectivity index (χ0) is 20.3. The zero-order valence-electron chi connectivity index (χ0n) is 14.1. The van der Waals surface area contributed by atoms with Gasteiger partial charge in [0.25, 0.3) is 0 Å². The van der Waals surface area contributed by atoms with Crippen LogP contribution in [0.4, 0.5) is 19.3 Å². The van der Waals surface area contributed by atoms with Crippen molar-refractivity contribution in [2.24, 2.45) is 11.1 Å². The molecule has 27 heavy (non-hydrogen) atoms. The summed E-state index contributed by atoms with van der Waals surface area (Å²) in [7, 11) is 0. The van der Waals surface area contributed by atoms with Crippen LogP contribution in [-0.4, -0.2) is 51.1 Å². The van der Waals surface area contributed by atoms with Gasteiger partial charge in [-0.05, 0) is 25.8 Å². The van der Waals surface area contributed by atoms with E-state index in [0.29, 0.717) is 18.9 Å². The molecule has 2 amide bonds. The number of carbonyl (C=O) groups excluding carboxylic acids is 1. The van der Waals surface area contributed by atoms with Gasteiger partial charge in [-0.2, -0.15) is 4.39 Å². The normalized spacial score (nSPS) is 17.5. The lowest BCUT2D eigenvalue weighted by molar-refractivity contribution is -0.388. The Hall–Kier alpha value is -3.31. The van der Waals surface area contributed by atoms with Gasteiger partial charge in [-0.15, -0.1) is 0 Å². The Labute approximate surface area is 151 Å². The summed E-state index contributed by atoms with van der Waals surface area (Å²) in [6, 6.07) is 0.567. The van der Waals surface area contributed by atoms with Crippen LogP contribution in [0.2, 0.25) is 0 Å². The van der Waals surface area contributed by atoms with Crippen molar-refractivity contribution < 1.29 is 33.6 Å². The lowest BCUT2D eigenvalue weighted by Crippen LogP contribution is -2.46. The molecule has 0 radical (unpaired) electrons. The fourth-order valence-corrected chi connectivity index (χ4v) is 2.82. The van der Waals surface area contributed by atoms with E-state index in [1.165, 1.54) is 0 Å². The van der Waals surface area contributed by atoms with Gasteiger partial charge in [0.2, 0.25) is 11.7 Å². The summed E-state index contributed by atoms with van der Waals surface area (Å²) < 4.78 is 28.3. The SMILES string of the molecule is Cc1c(F)cc(/C(=N/O)NC(=O)[C@@H]2CCCN(C(=O)O)C2)c(F)c1[N+](=O)[O-]. The van der Waals surface area contributed by atoms with Crippen molar-refractivity contribution in [2.45, 2.75) is 19.8 Å². The minimum absolute atomic E-state index is 0.120. The maximum atomic E-state index is 14.4. The summed E-state index contributed by atoms with van der Waals surface area (Å²) >= 11 is 0. The van der Waals surface area contributed by atoms with Crippen molar-refractivity contribution in [2.75, 3.05) is 13.1 Å². The van der Waals surface area contributed by atoms with Gasteiger partial charge in [-0.1, -0.05) is 5.16 Å². The fourth-order valence-electron chi connectivity index (χ4n) is 2.82. The summed E-state index contributed by atoms with van der Waals surface area (Å²) in [6.45, 7) is 1.14. The van der Waals surface area contributed by atoms with Crippen molar-refractivity contribution in [3.05, 3.63) is 38.9 Å². The van der Waals surface area contributed by atoms with E-state index in [1.807, 2.05) is 0 Å². The minimum atomic E-state index is -1.47. The van der Waals surface area contributed by atoms with E-state index in [0.717, 1.165) is 11.8 Å². The summed E-state index contributed by atoms with van der Waals surface area (Å²) in [4.78, 5) is 34.2. The van der Waals surface area contributed by atoms with Gasteiger partial charge in [-0.25, -0.2) is 9.18 Å². The van der Waals surface area contributed by atoms with Gasteiger partial charge in [0.15, 0.2) is 5.84 Å². The van der Waals surface area contributed by atoms with Crippen LogP contribution in [-0.2, 0) is 4.79 Å². The van der Waals surface area contributed by atoms with Crippen LogP contribution in [0.5, 0.6) is 0 Å². The molecule has 0 aromatic heterocycles. The van der Waals surface area contributed by atoms with Gasteiger partial charge < -0.3 is 20.5 Å². The number of hydrogen-bond donors (Lipinski definition) is 3. The number of likely N-dealkylation sites (tertiary alicyclic amines) is 1. The predicted octanol–water partition coefficient (Wildman–Crippen LogP) is 1.82. The highest BCUT2D eigenvalue weighted by Gasteiger charge is 2.32. The van der Waals surface area contributed by atoms with Crippen LogP contribution < -0.4 is 5.32 Å². The van der Waals surface area contributed by atoms with E-state index in [1.54, 1.807) is 0 Å². The van der Waals surface area contributed by atoms with E-state index >= 15 is 0 Å². The smallest absolute Gasteiger partial charge is 0.407 e. The van der Waals surface area contributed by atoms with Crippen LogP contribution in [0, 0.1) is 34.6 Å². The van der Waals surface area contributed by atoms with Gasteiger partial charge in [-0.3, -0.25) is 14.9 Å². The Kier molecular flexibility index (Phi) is 5.88. The molecule has 1 aromatic rings. The first-order chi connectivity index (χ1) is 12.7. The summed E-state index contributed by atoms with van der Waals surface area (Å²) in [6.07, 6.45) is -0.459. The zero-order valence-corrected chi connectivity index (χ0v) is 14.1. The number of amides is 2. The molecule has 2 rings (SSSR count). The molecule has 1 aromatic carbocycles. The second-order valence-corrected chi connectivity index (χ2v) is 5.96. The highest BCUT2D eigenvalue weighted by Crippen LogP contribution is 2.28. The number of halogens is 2. The number of nitro benzene ring substituents is 1. The average molecular weight is 386 g/mol. The third-order valence-corrected chi connectivity index (χ3v) is 4.27. The largest absolute Gasteiger partial charge is 0.465 e. The number of rotatable bonds is 3. The van der Waals surface area contributed by atoms with Crippen molar-refractivity contribution in [1.82, 2.24) is 10.2 Å². The van der Waals surface area contributed by atoms with Crippen molar-refractivity contribution in [3.63, 3.8) is 0 Å². The third kappa shape index (κ3) is 4.10. The van der Waals surface area contributed by atoms with Crippen LogP contribution in [0.1, 0.15) is 24.0 Å². The maximum Gasteiger partial charge on any atom is 0.407 e. The van der Waals surface area contributed by atoms with Gasteiger partial charge >= 0.3 is 11.8 Å². The molecule has 0 aliphatic carbocycles. The fraction of sp³-hybridized carbons (Fsp3) is 0.400. The molecule has 1 heterocycles. The first-order valence-corrected chi connectivity index (χ1v) is 7.81. The molecule has 1 aliphatic rings. The molecule has 0 spiro atoms. The highest BCUT2D eigenvalue weighted by atomic mass is 19.1. The molecule has 1 atom stereocenters. The first kappa shape index (κ1) is 20.0. The number of nitrogens with one attached hydrogen (secondary N) is 1. The van der Waals surface area contributed by atoms with Gasteiger partial charge in [0.1, 0.15) is 5.82 Å². The van der Waals surface area contributed by atoms with E-state index in [-0.39, 0.29) is 13.1 Å². The molecular weight excluding hydrogens is 370 g/mol. The third-order valence-electron chi connectivity index (χ3n) is 4.27. The average Bonchev–Trinajstić information content (AvgIpc) is 2.62. The molecule has 146 valence electrons. The molecule has 12 heteroatoms. The highest BCUT2D eigenvalue weighted by molar-refractivity contribution is 6.08. The molecule has 1 saturated heterocycles. The summed E-state index contributed by atoms with van der Waals surface area (Å²) in [5.41, 5.74) is -2.49. The van der Waals surface area contributed by atoms with E-state index < -0.39 is 57.1 Å². The van der Waals surface area contributed by atoms with E-state index in [9.17, 15) is 28.5 Å². The number of oxime groups is 1. The second-order valence-electron chi connectivity index (χ2n) is 5.96. The number of nitro groups is 1. The lowest BCUT2D eigenvalue weighted by atomic mass is 9.97. The number of piperidine rings is 1.